The van der Waals surface area contributed by atoms with E-state index >= 15 is 0 Å². The highest BCUT2D eigenvalue weighted by Gasteiger charge is 2.38. The van der Waals surface area contributed by atoms with Crippen LogP contribution in [-0.2, 0) is 10.4 Å². The number of benzene rings is 1. The minimum absolute atomic E-state index is 0.0327. The van der Waals surface area contributed by atoms with E-state index < -0.39 is 5.60 Å². The summed E-state index contributed by atoms with van der Waals surface area (Å²) in [5, 5.41) is 2.66. The summed E-state index contributed by atoms with van der Waals surface area (Å²) < 4.78 is 8.18. The van der Waals surface area contributed by atoms with Gasteiger partial charge < -0.3 is 14.6 Å². The summed E-state index contributed by atoms with van der Waals surface area (Å²) in [5.41, 5.74) is 1.37. The van der Waals surface area contributed by atoms with Crippen molar-refractivity contribution >= 4 is 5.91 Å². The standard InChI is InChI=1S/C15H16N2O2/c1-15(10-14(18)16-2)13-8-5-9-17(13)11-6-3-4-7-12(11)19-15/h3-9H,10H2,1-2H3,(H,16,18). The van der Waals surface area contributed by atoms with Crippen LogP contribution in [0.4, 0.5) is 0 Å². The van der Waals surface area contributed by atoms with Gasteiger partial charge in [-0.1, -0.05) is 12.1 Å². The van der Waals surface area contributed by atoms with E-state index in [0.29, 0.717) is 6.42 Å². The molecule has 1 unspecified atom stereocenters. The Bertz CT molecular complexity index is 633. The van der Waals surface area contributed by atoms with Crippen LogP contribution in [0, 0.1) is 0 Å². The van der Waals surface area contributed by atoms with Gasteiger partial charge in [0, 0.05) is 13.2 Å². The van der Waals surface area contributed by atoms with Crippen molar-refractivity contribution in [2.75, 3.05) is 7.05 Å². The van der Waals surface area contributed by atoms with Crippen LogP contribution in [0.2, 0.25) is 0 Å². The SMILES string of the molecule is CNC(=O)CC1(C)Oc2ccccc2-n2cccc21. The number of hydrogen-bond acceptors (Lipinski definition) is 2. The Morgan fingerprint density at radius 1 is 1.32 bits per heavy atom. The summed E-state index contributed by atoms with van der Waals surface area (Å²) in [6.45, 7) is 1.95. The molecule has 2 heterocycles. The molecule has 98 valence electrons. The molecule has 0 saturated heterocycles. The number of rotatable bonds is 2. The van der Waals surface area contributed by atoms with Crippen LogP contribution in [0.25, 0.3) is 5.69 Å². The van der Waals surface area contributed by atoms with E-state index in [1.165, 1.54) is 0 Å². The van der Waals surface area contributed by atoms with Gasteiger partial charge >= 0.3 is 0 Å². The van der Waals surface area contributed by atoms with E-state index in [9.17, 15) is 4.79 Å². The Kier molecular flexibility index (Phi) is 2.59. The molecule has 1 atom stereocenters. The normalized spacial score (nSPS) is 20.1. The summed E-state index contributed by atoms with van der Waals surface area (Å²) in [6, 6.07) is 11.8. The molecule has 0 saturated carbocycles. The number of nitrogens with one attached hydrogen (secondary N) is 1. The van der Waals surface area contributed by atoms with Crippen LogP contribution in [0.1, 0.15) is 19.0 Å². The molecule has 0 fully saturated rings. The predicted octanol–water partition coefficient (Wildman–Crippen LogP) is 2.22. The van der Waals surface area contributed by atoms with Gasteiger partial charge in [-0.05, 0) is 31.2 Å². The first kappa shape index (κ1) is 11.8. The van der Waals surface area contributed by atoms with Crippen LogP contribution in [0.5, 0.6) is 5.75 Å². The highest BCUT2D eigenvalue weighted by atomic mass is 16.5. The van der Waals surface area contributed by atoms with Crippen molar-refractivity contribution < 1.29 is 9.53 Å². The van der Waals surface area contributed by atoms with E-state index in [1.807, 2.05) is 49.5 Å². The number of para-hydroxylation sites is 2. The number of ether oxygens (including phenoxy) is 1. The molecule has 1 aromatic heterocycles. The van der Waals surface area contributed by atoms with Crippen LogP contribution in [0.3, 0.4) is 0 Å². The third-order valence-electron chi connectivity index (χ3n) is 3.53. The second-order valence-electron chi connectivity index (χ2n) is 4.91. The van der Waals surface area contributed by atoms with Crippen molar-refractivity contribution in [3.63, 3.8) is 0 Å². The summed E-state index contributed by atoms with van der Waals surface area (Å²) in [6.07, 6.45) is 2.29. The number of aromatic nitrogens is 1. The van der Waals surface area contributed by atoms with E-state index in [-0.39, 0.29) is 5.91 Å². The van der Waals surface area contributed by atoms with Gasteiger partial charge in [0.2, 0.25) is 5.91 Å². The number of carbonyl (C=O) groups excluding carboxylic acids is 1. The number of nitrogens with zero attached hydrogens (tertiary/aromatic N) is 1. The van der Waals surface area contributed by atoms with Crippen molar-refractivity contribution in [2.24, 2.45) is 0 Å². The van der Waals surface area contributed by atoms with Gasteiger partial charge in [0.25, 0.3) is 0 Å². The minimum Gasteiger partial charge on any atom is -0.479 e. The maximum absolute atomic E-state index is 11.7. The molecule has 1 N–H and O–H groups in total. The van der Waals surface area contributed by atoms with Gasteiger partial charge in [-0.25, -0.2) is 0 Å². The fourth-order valence-electron chi connectivity index (χ4n) is 2.58. The highest BCUT2D eigenvalue weighted by molar-refractivity contribution is 5.77. The Hall–Kier alpha value is -2.23. The largest absolute Gasteiger partial charge is 0.479 e. The molecule has 0 radical (unpaired) electrons. The lowest BCUT2D eigenvalue weighted by Gasteiger charge is -2.36. The van der Waals surface area contributed by atoms with Crippen LogP contribution in [-0.4, -0.2) is 17.5 Å². The van der Waals surface area contributed by atoms with Gasteiger partial charge in [0.15, 0.2) is 5.60 Å². The number of amides is 1. The molecule has 0 bridgehead atoms. The van der Waals surface area contributed by atoms with Gasteiger partial charge in [-0.15, -0.1) is 0 Å². The first-order valence-corrected chi connectivity index (χ1v) is 6.31. The van der Waals surface area contributed by atoms with Crippen molar-refractivity contribution in [1.29, 1.82) is 0 Å². The van der Waals surface area contributed by atoms with Crippen LogP contribution < -0.4 is 10.1 Å². The van der Waals surface area contributed by atoms with Gasteiger partial charge in [-0.3, -0.25) is 4.79 Å². The highest BCUT2D eigenvalue weighted by Crippen LogP contribution is 2.40. The van der Waals surface area contributed by atoms with E-state index in [2.05, 4.69) is 9.88 Å². The number of carbonyl (C=O) groups is 1. The van der Waals surface area contributed by atoms with Crippen molar-refractivity contribution in [1.82, 2.24) is 9.88 Å². The molecular weight excluding hydrogens is 240 g/mol. The first-order chi connectivity index (χ1) is 9.14. The second-order valence-corrected chi connectivity index (χ2v) is 4.91. The fraction of sp³-hybridized carbons (Fsp3) is 0.267. The lowest BCUT2D eigenvalue weighted by atomic mass is 9.95. The molecule has 1 aliphatic heterocycles. The Labute approximate surface area is 112 Å². The van der Waals surface area contributed by atoms with E-state index in [0.717, 1.165) is 17.1 Å². The smallest absolute Gasteiger partial charge is 0.224 e. The summed E-state index contributed by atoms with van der Waals surface area (Å²) in [7, 11) is 1.64. The lowest BCUT2D eigenvalue weighted by Crippen LogP contribution is -2.39. The zero-order chi connectivity index (χ0) is 13.5. The van der Waals surface area contributed by atoms with Crippen LogP contribution >= 0.6 is 0 Å². The van der Waals surface area contributed by atoms with E-state index in [4.69, 9.17) is 4.74 Å². The number of fused-ring (bicyclic) bond motifs is 3. The molecule has 2 aromatic rings. The average molecular weight is 256 g/mol. The number of hydrogen-bond donors (Lipinski definition) is 1. The topological polar surface area (TPSA) is 43.3 Å². The van der Waals surface area contributed by atoms with E-state index in [1.54, 1.807) is 7.05 Å². The monoisotopic (exact) mass is 256 g/mol. The molecular formula is C15H16N2O2. The average Bonchev–Trinajstić information content (AvgIpc) is 2.89. The van der Waals surface area contributed by atoms with Crippen LogP contribution in [0.15, 0.2) is 42.6 Å². The van der Waals surface area contributed by atoms with Gasteiger partial charge in [0.05, 0.1) is 17.8 Å². The molecule has 19 heavy (non-hydrogen) atoms. The van der Waals surface area contributed by atoms with Crippen molar-refractivity contribution in [3.8, 4) is 11.4 Å². The molecule has 1 aliphatic rings. The Morgan fingerprint density at radius 3 is 2.89 bits per heavy atom. The Balaban J connectivity index is 2.10. The lowest BCUT2D eigenvalue weighted by molar-refractivity contribution is -0.124. The van der Waals surface area contributed by atoms with Crippen molar-refractivity contribution in [2.45, 2.75) is 18.9 Å². The molecule has 0 spiro atoms. The summed E-state index contributed by atoms with van der Waals surface area (Å²) >= 11 is 0. The molecule has 3 rings (SSSR count). The molecule has 4 nitrogen and oxygen atoms in total. The molecule has 1 amide bonds. The van der Waals surface area contributed by atoms with Gasteiger partial charge in [-0.2, -0.15) is 0 Å². The minimum atomic E-state index is -0.641. The maximum Gasteiger partial charge on any atom is 0.224 e. The van der Waals surface area contributed by atoms with Gasteiger partial charge in [0.1, 0.15) is 5.75 Å². The first-order valence-electron chi connectivity index (χ1n) is 6.31. The summed E-state index contributed by atoms with van der Waals surface area (Å²) in [4.78, 5) is 11.7. The van der Waals surface area contributed by atoms with Crippen molar-refractivity contribution in [3.05, 3.63) is 48.3 Å². The molecule has 4 heteroatoms. The zero-order valence-electron chi connectivity index (χ0n) is 11.0. The fourth-order valence-corrected chi connectivity index (χ4v) is 2.58. The Morgan fingerprint density at radius 2 is 2.11 bits per heavy atom. The quantitative estimate of drug-likeness (QED) is 0.895. The zero-order valence-corrected chi connectivity index (χ0v) is 11.0. The summed E-state index contributed by atoms with van der Waals surface area (Å²) in [5.74, 6) is 0.771. The molecule has 1 aromatic carbocycles. The maximum atomic E-state index is 11.7. The third kappa shape index (κ3) is 1.80. The molecule has 0 aliphatic carbocycles. The third-order valence-corrected chi connectivity index (χ3v) is 3.53. The second kappa shape index (κ2) is 4.16. The predicted molar refractivity (Wildman–Crippen MR) is 72.4 cm³/mol.